The van der Waals surface area contributed by atoms with Gasteiger partial charge in [0.15, 0.2) is 0 Å². The second kappa shape index (κ2) is 3.77. The van der Waals surface area contributed by atoms with Gasteiger partial charge in [-0.05, 0) is 0 Å². The highest BCUT2D eigenvalue weighted by atomic mass is 32.1. The van der Waals surface area contributed by atoms with Crippen molar-refractivity contribution in [2.24, 2.45) is 0 Å². The molecule has 2 aromatic rings. The van der Waals surface area contributed by atoms with Crippen LogP contribution in [-0.4, -0.2) is 9.97 Å². The van der Waals surface area contributed by atoms with Gasteiger partial charge in [-0.2, -0.15) is 0 Å². The molecule has 0 radical (unpaired) electrons. The van der Waals surface area contributed by atoms with Crippen LogP contribution in [0.25, 0.3) is 11.0 Å². The lowest BCUT2D eigenvalue weighted by atomic mass is 9.81. The molecule has 0 aliphatic rings. The smallest absolute Gasteiger partial charge is 0.0997 e. The molecule has 0 aliphatic heterocycles. The molecule has 0 aromatic carbocycles. The predicted molar refractivity (Wildman–Crippen MR) is 74.8 cm³/mol. The maximum Gasteiger partial charge on any atom is 0.0997 e. The third-order valence-electron chi connectivity index (χ3n) is 2.73. The second-order valence-corrected chi connectivity index (χ2v) is 7.31. The number of rotatable bonds is 0. The Hall–Kier alpha value is -0.960. The van der Waals surface area contributed by atoms with Crippen LogP contribution in [0.5, 0.6) is 0 Å². The number of hydrogen-bond acceptors (Lipinski definition) is 3. The van der Waals surface area contributed by atoms with E-state index in [0.717, 1.165) is 22.4 Å². The maximum absolute atomic E-state index is 4.82. The minimum absolute atomic E-state index is 0.0335. The molecule has 0 atom stereocenters. The van der Waals surface area contributed by atoms with E-state index in [1.807, 2.05) is 0 Å². The summed E-state index contributed by atoms with van der Waals surface area (Å²) in [5, 5.41) is 4.15. The summed E-state index contributed by atoms with van der Waals surface area (Å²) < 4.78 is 0. The number of nitrogens with zero attached hydrogens (tertiary/aromatic N) is 2. The van der Waals surface area contributed by atoms with Crippen molar-refractivity contribution in [3.8, 4) is 0 Å². The molecule has 0 bridgehead atoms. The van der Waals surface area contributed by atoms with Crippen molar-refractivity contribution in [1.29, 1.82) is 0 Å². The first kappa shape index (κ1) is 12.5. The van der Waals surface area contributed by atoms with Gasteiger partial charge in [0.05, 0.1) is 22.4 Å². The molecule has 0 spiro atoms. The van der Waals surface area contributed by atoms with E-state index in [1.165, 1.54) is 0 Å². The Balaban J connectivity index is 2.78. The average Bonchev–Trinajstić information content (AvgIpc) is 2.59. The first-order chi connectivity index (χ1) is 7.69. The van der Waals surface area contributed by atoms with Gasteiger partial charge in [0.2, 0.25) is 0 Å². The molecule has 0 N–H and O–H groups in total. The van der Waals surface area contributed by atoms with Crippen LogP contribution in [0, 0.1) is 0 Å². The molecule has 2 rings (SSSR count). The zero-order valence-electron chi connectivity index (χ0n) is 11.5. The van der Waals surface area contributed by atoms with Crippen molar-refractivity contribution in [3.05, 3.63) is 22.1 Å². The Bertz CT molecular complexity index is 493. The minimum Gasteiger partial charge on any atom is -0.248 e. The van der Waals surface area contributed by atoms with E-state index in [2.05, 4.69) is 52.3 Å². The summed E-state index contributed by atoms with van der Waals surface area (Å²) in [4.78, 5) is 9.64. The molecule has 2 heterocycles. The third-order valence-corrected chi connectivity index (χ3v) is 3.45. The van der Waals surface area contributed by atoms with Crippen LogP contribution in [0.3, 0.4) is 0 Å². The molecule has 0 amide bonds. The summed E-state index contributed by atoms with van der Waals surface area (Å²) in [6.07, 6.45) is 0. The van der Waals surface area contributed by atoms with E-state index < -0.39 is 0 Å². The van der Waals surface area contributed by atoms with E-state index in [9.17, 15) is 0 Å². The Kier molecular flexibility index (Phi) is 2.77. The van der Waals surface area contributed by atoms with Gasteiger partial charge in [-0.1, -0.05) is 41.5 Å². The summed E-state index contributed by atoms with van der Waals surface area (Å²) in [5.74, 6) is 0. The van der Waals surface area contributed by atoms with Gasteiger partial charge >= 0.3 is 0 Å². The first-order valence-electron chi connectivity index (χ1n) is 5.94. The molecular weight excluding hydrogens is 228 g/mol. The van der Waals surface area contributed by atoms with Crippen molar-refractivity contribution >= 4 is 22.4 Å². The van der Waals surface area contributed by atoms with Gasteiger partial charge in [-0.3, -0.25) is 0 Å². The summed E-state index contributed by atoms with van der Waals surface area (Å²) in [6.45, 7) is 13.2. The summed E-state index contributed by atoms with van der Waals surface area (Å²) in [6, 6.07) is 0. The fraction of sp³-hybridized carbons (Fsp3) is 0.571. The Morgan fingerprint density at radius 3 is 1.41 bits per heavy atom. The lowest BCUT2D eigenvalue weighted by molar-refractivity contribution is 0.502. The topological polar surface area (TPSA) is 25.8 Å². The molecule has 0 aliphatic carbocycles. The van der Waals surface area contributed by atoms with Crippen molar-refractivity contribution in [2.45, 2.75) is 52.4 Å². The van der Waals surface area contributed by atoms with E-state index in [0.29, 0.717) is 0 Å². The predicted octanol–water partition coefficient (Wildman–Crippen LogP) is 4.29. The van der Waals surface area contributed by atoms with Crippen LogP contribution in [-0.2, 0) is 10.8 Å². The van der Waals surface area contributed by atoms with Crippen molar-refractivity contribution in [2.75, 3.05) is 0 Å². The third kappa shape index (κ3) is 2.34. The number of hydrogen-bond donors (Lipinski definition) is 0. The highest BCUT2D eigenvalue weighted by molar-refractivity contribution is 7.09. The van der Waals surface area contributed by atoms with Crippen molar-refractivity contribution in [1.82, 2.24) is 9.97 Å². The van der Waals surface area contributed by atoms with E-state index in [4.69, 9.17) is 9.97 Å². The number of thiophene rings is 1. The van der Waals surface area contributed by atoms with Crippen molar-refractivity contribution < 1.29 is 0 Å². The first-order valence-corrected chi connectivity index (χ1v) is 6.89. The molecule has 0 saturated heterocycles. The monoisotopic (exact) mass is 248 g/mol. The molecule has 2 aromatic heterocycles. The molecular formula is C14H20N2S. The van der Waals surface area contributed by atoms with E-state index in [1.54, 1.807) is 11.3 Å². The van der Waals surface area contributed by atoms with Crippen LogP contribution in [0.1, 0.15) is 52.9 Å². The molecule has 3 heteroatoms. The fourth-order valence-corrected chi connectivity index (χ4v) is 2.52. The molecule has 0 fully saturated rings. The summed E-state index contributed by atoms with van der Waals surface area (Å²) >= 11 is 1.67. The highest BCUT2D eigenvalue weighted by Crippen LogP contribution is 2.33. The van der Waals surface area contributed by atoms with Crippen LogP contribution >= 0.6 is 11.3 Å². The second-order valence-electron chi connectivity index (χ2n) is 6.56. The van der Waals surface area contributed by atoms with Gasteiger partial charge in [-0.15, -0.1) is 11.3 Å². The molecule has 0 saturated carbocycles. The normalized spacial score (nSPS) is 13.3. The van der Waals surface area contributed by atoms with Crippen molar-refractivity contribution in [3.63, 3.8) is 0 Å². The van der Waals surface area contributed by atoms with E-state index >= 15 is 0 Å². The Morgan fingerprint density at radius 1 is 0.765 bits per heavy atom. The molecule has 92 valence electrons. The fourth-order valence-electron chi connectivity index (χ4n) is 1.84. The zero-order valence-corrected chi connectivity index (χ0v) is 12.3. The van der Waals surface area contributed by atoms with Crippen LogP contribution in [0.4, 0.5) is 0 Å². The largest absolute Gasteiger partial charge is 0.248 e. The SMILES string of the molecule is CC(C)(C)c1nc2cscc2nc1C(C)(C)C. The standard InChI is InChI=1S/C14H20N2S/c1-13(2,3)11-12(14(4,5)6)16-10-8-17-7-9(10)15-11/h7-8H,1-6H3. The highest BCUT2D eigenvalue weighted by Gasteiger charge is 2.28. The quantitative estimate of drug-likeness (QED) is 0.695. The van der Waals surface area contributed by atoms with Gasteiger partial charge in [0, 0.05) is 21.6 Å². The van der Waals surface area contributed by atoms with Gasteiger partial charge in [-0.25, -0.2) is 9.97 Å². The average molecular weight is 248 g/mol. The summed E-state index contributed by atoms with van der Waals surface area (Å²) in [5.41, 5.74) is 4.35. The van der Waals surface area contributed by atoms with Crippen LogP contribution in [0.2, 0.25) is 0 Å². The molecule has 17 heavy (non-hydrogen) atoms. The Labute approximate surface area is 107 Å². The summed E-state index contributed by atoms with van der Waals surface area (Å²) in [7, 11) is 0. The minimum atomic E-state index is 0.0335. The van der Waals surface area contributed by atoms with E-state index in [-0.39, 0.29) is 10.8 Å². The number of fused-ring (bicyclic) bond motifs is 1. The Morgan fingerprint density at radius 2 is 1.12 bits per heavy atom. The van der Waals surface area contributed by atoms with Gasteiger partial charge in [0.25, 0.3) is 0 Å². The van der Waals surface area contributed by atoms with Crippen LogP contribution in [0.15, 0.2) is 10.8 Å². The lowest BCUT2D eigenvalue weighted by Crippen LogP contribution is -2.25. The molecule has 2 nitrogen and oxygen atoms in total. The molecule has 0 unspecified atom stereocenters. The lowest BCUT2D eigenvalue weighted by Gasteiger charge is -2.27. The van der Waals surface area contributed by atoms with Gasteiger partial charge in [0.1, 0.15) is 0 Å². The number of aromatic nitrogens is 2. The van der Waals surface area contributed by atoms with Gasteiger partial charge < -0.3 is 0 Å². The zero-order chi connectivity index (χ0) is 12.8. The van der Waals surface area contributed by atoms with Crippen LogP contribution < -0.4 is 0 Å². The maximum atomic E-state index is 4.82.